The molecule has 1 aliphatic heterocycles. The Bertz CT molecular complexity index is 993. The first-order valence-electron chi connectivity index (χ1n) is 7.56. The van der Waals surface area contributed by atoms with Crippen molar-refractivity contribution < 1.29 is 13.9 Å². The van der Waals surface area contributed by atoms with Gasteiger partial charge in [-0.3, -0.25) is 4.90 Å². The quantitative estimate of drug-likeness (QED) is 0.683. The molecule has 1 fully saturated rings. The molecule has 3 aromatic rings. The molecule has 0 radical (unpaired) electrons. The number of hydrogen-bond acceptors (Lipinski definition) is 7. The van der Waals surface area contributed by atoms with Crippen molar-refractivity contribution in [3.05, 3.63) is 48.8 Å². The van der Waals surface area contributed by atoms with Crippen molar-refractivity contribution in [1.29, 1.82) is 5.26 Å². The van der Waals surface area contributed by atoms with Crippen LogP contribution in [-0.4, -0.2) is 48.3 Å². The molecule has 11 heteroatoms. The summed E-state index contributed by atoms with van der Waals surface area (Å²) in [5.41, 5.74) is 0.595. The zero-order valence-electron chi connectivity index (χ0n) is 13.2. The van der Waals surface area contributed by atoms with E-state index in [1.54, 1.807) is 6.07 Å². The standard InChI is InChI=1S/C15H11FN8O2/c16-12-3-10(1-2-13(12)24-8-18-7-20-24)23-6-11(26-15(23)25)5-22-9-19-14(4-17)21-22/h1-3,7-9,11H,5-6H2. The number of nitrogens with zero attached hydrogens (tertiary/aromatic N) is 8. The smallest absolute Gasteiger partial charge is 0.414 e. The summed E-state index contributed by atoms with van der Waals surface area (Å²) < 4.78 is 22.4. The molecule has 0 saturated carbocycles. The van der Waals surface area contributed by atoms with Crippen LogP contribution in [0.2, 0.25) is 0 Å². The average molecular weight is 354 g/mol. The number of carbonyl (C=O) groups is 1. The molecule has 0 N–H and O–H groups in total. The van der Waals surface area contributed by atoms with Gasteiger partial charge in [-0.1, -0.05) is 0 Å². The SMILES string of the molecule is N#Cc1ncn(CC2CN(c3ccc(-n4cncn4)c(F)c3)C(=O)O2)n1. The summed E-state index contributed by atoms with van der Waals surface area (Å²) in [5, 5.41) is 16.5. The number of anilines is 1. The van der Waals surface area contributed by atoms with Crippen LogP contribution >= 0.6 is 0 Å². The van der Waals surface area contributed by atoms with Gasteiger partial charge in [0, 0.05) is 0 Å². The summed E-state index contributed by atoms with van der Waals surface area (Å²) >= 11 is 0. The Hall–Kier alpha value is -3.81. The van der Waals surface area contributed by atoms with Gasteiger partial charge in [0.2, 0.25) is 0 Å². The van der Waals surface area contributed by atoms with E-state index in [1.165, 1.54) is 45.4 Å². The van der Waals surface area contributed by atoms with Gasteiger partial charge in [-0.05, 0) is 18.2 Å². The van der Waals surface area contributed by atoms with Gasteiger partial charge in [-0.15, -0.1) is 5.10 Å². The van der Waals surface area contributed by atoms with Crippen LogP contribution in [0.25, 0.3) is 5.69 Å². The number of cyclic esters (lactones) is 1. The first-order chi connectivity index (χ1) is 12.6. The summed E-state index contributed by atoms with van der Waals surface area (Å²) in [6, 6.07) is 6.18. The maximum absolute atomic E-state index is 14.4. The fraction of sp³-hybridized carbons (Fsp3) is 0.200. The molecule has 1 amide bonds. The molecule has 1 saturated heterocycles. The van der Waals surface area contributed by atoms with Gasteiger partial charge in [-0.25, -0.2) is 28.5 Å². The summed E-state index contributed by atoms with van der Waals surface area (Å²) in [7, 11) is 0. The first-order valence-corrected chi connectivity index (χ1v) is 7.56. The third-order valence-electron chi connectivity index (χ3n) is 3.81. The van der Waals surface area contributed by atoms with Crippen LogP contribution in [-0.2, 0) is 11.3 Å². The Labute approximate surface area is 146 Å². The van der Waals surface area contributed by atoms with Crippen molar-refractivity contribution in [3.8, 4) is 11.8 Å². The largest absolute Gasteiger partial charge is 0.442 e. The molecule has 0 spiro atoms. The minimum Gasteiger partial charge on any atom is -0.442 e. The number of carbonyl (C=O) groups excluding carboxylic acids is 1. The van der Waals surface area contributed by atoms with E-state index in [1.807, 2.05) is 6.07 Å². The number of aromatic nitrogens is 6. The van der Waals surface area contributed by atoms with Crippen molar-refractivity contribution in [1.82, 2.24) is 29.5 Å². The van der Waals surface area contributed by atoms with Crippen molar-refractivity contribution in [3.63, 3.8) is 0 Å². The fourth-order valence-corrected chi connectivity index (χ4v) is 2.65. The summed E-state index contributed by atoms with van der Waals surface area (Å²) in [4.78, 5) is 21.0. The monoisotopic (exact) mass is 354 g/mol. The van der Waals surface area contributed by atoms with Crippen LogP contribution in [0.15, 0.2) is 37.2 Å². The van der Waals surface area contributed by atoms with Gasteiger partial charge < -0.3 is 4.74 Å². The fourth-order valence-electron chi connectivity index (χ4n) is 2.65. The van der Waals surface area contributed by atoms with E-state index in [9.17, 15) is 9.18 Å². The molecule has 3 heterocycles. The molecule has 0 aliphatic carbocycles. The zero-order chi connectivity index (χ0) is 18.1. The van der Waals surface area contributed by atoms with Gasteiger partial charge in [0.15, 0.2) is 5.82 Å². The lowest BCUT2D eigenvalue weighted by molar-refractivity contribution is 0.129. The van der Waals surface area contributed by atoms with Crippen LogP contribution in [0.3, 0.4) is 0 Å². The van der Waals surface area contributed by atoms with Gasteiger partial charge >= 0.3 is 6.09 Å². The Balaban J connectivity index is 1.50. The number of rotatable bonds is 4. The van der Waals surface area contributed by atoms with Crippen molar-refractivity contribution in [2.45, 2.75) is 12.6 Å². The van der Waals surface area contributed by atoms with E-state index in [-0.39, 0.29) is 24.6 Å². The maximum Gasteiger partial charge on any atom is 0.414 e. The molecule has 4 rings (SSSR count). The topological polar surface area (TPSA) is 115 Å². The second-order valence-corrected chi connectivity index (χ2v) is 5.49. The minimum atomic E-state index is -0.580. The minimum absolute atomic E-state index is 0.0388. The third-order valence-corrected chi connectivity index (χ3v) is 3.81. The lowest BCUT2D eigenvalue weighted by Gasteiger charge is -2.14. The van der Waals surface area contributed by atoms with Crippen molar-refractivity contribution >= 4 is 11.8 Å². The van der Waals surface area contributed by atoms with E-state index in [2.05, 4.69) is 20.2 Å². The second-order valence-electron chi connectivity index (χ2n) is 5.49. The van der Waals surface area contributed by atoms with Gasteiger partial charge in [0.05, 0.1) is 18.8 Å². The van der Waals surface area contributed by atoms with E-state index in [4.69, 9.17) is 10.00 Å². The summed E-state index contributed by atoms with van der Waals surface area (Å²) in [6.45, 7) is 0.471. The van der Waals surface area contributed by atoms with Gasteiger partial charge in [0.1, 0.15) is 36.8 Å². The van der Waals surface area contributed by atoms with E-state index >= 15 is 0 Å². The Kier molecular flexibility index (Phi) is 3.77. The molecule has 1 aromatic carbocycles. The van der Waals surface area contributed by atoms with Crippen LogP contribution in [0.1, 0.15) is 5.82 Å². The molecule has 2 aromatic heterocycles. The van der Waals surface area contributed by atoms with Crippen LogP contribution in [0, 0.1) is 17.1 Å². The molecule has 10 nitrogen and oxygen atoms in total. The number of benzene rings is 1. The lowest BCUT2D eigenvalue weighted by atomic mass is 10.2. The van der Waals surface area contributed by atoms with E-state index < -0.39 is 18.0 Å². The molecule has 1 unspecified atom stereocenters. The highest BCUT2D eigenvalue weighted by molar-refractivity contribution is 5.89. The molecule has 130 valence electrons. The molecular weight excluding hydrogens is 343 g/mol. The normalized spacial score (nSPS) is 16.5. The van der Waals surface area contributed by atoms with E-state index in [0.717, 1.165) is 0 Å². The Morgan fingerprint density at radius 2 is 2.27 bits per heavy atom. The summed E-state index contributed by atoms with van der Waals surface area (Å²) in [6.07, 6.45) is 3.00. The van der Waals surface area contributed by atoms with Gasteiger partial charge in [0.25, 0.3) is 5.82 Å². The molecule has 0 bridgehead atoms. The molecule has 1 aliphatic rings. The van der Waals surface area contributed by atoms with Crippen LogP contribution in [0.5, 0.6) is 0 Å². The Morgan fingerprint density at radius 1 is 1.38 bits per heavy atom. The number of amides is 1. The number of ether oxygens (including phenoxy) is 1. The van der Waals surface area contributed by atoms with Gasteiger partial charge in [-0.2, -0.15) is 10.4 Å². The molecular formula is C15H11FN8O2. The zero-order valence-corrected chi connectivity index (χ0v) is 13.2. The second kappa shape index (κ2) is 6.25. The average Bonchev–Trinajstić information content (AvgIpc) is 3.36. The lowest BCUT2D eigenvalue weighted by Crippen LogP contribution is -2.26. The Morgan fingerprint density at radius 3 is 2.96 bits per heavy atom. The number of halogens is 1. The number of hydrogen-bond donors (Lipinski definition) is 0. The predicted octanol–water partition coefficient (Wildman–Crippen LogP) is 0.895. The predicted molar refractivity (Wildman–Crippen MR) is 83.7 cm³/mol. The highest BCUT2D eigenvalue weighted by atomic mass is 19.1. The third kappa shape index (κ3) is 2.84. The molecule has 26 heavy (non-hydrogen) atoms. The first kappa shape index (κ1) is 15.7. The summed E-state index contributed by atoms with van der Waals surface area (Å²) in [5.74, 6) is -0.504. The van der Waals surface area contributed by atoms with Crippen LogP contribution < -0.4 is 4.90 Å². The number of nitriles is 1. The highest BCUT2D eigenvalue weighted by Crippen LogP contribution is 2.25. The maximum atomic E-state index is 14.4. The van der Waals surface area contributed by atoms with Crippen LogP contribution in [0.4, 0.5) is 14.9 Å². The van der Waals surface area contributed by atoms with E-state index in [0.29, 0.717) is 5.69 Å². The van der Waals surface area contributed by atoms with Crippen molar-refractivity contribution in [2.24, 2.45) is 0 Å². The molecule has 1 atom stereocenters. The van der Waals surface area contributed by atoms with Crippen molar-refractivity contribution in [2.75, 3.05) is 11.4 Å². The highest BCUT2D eigenvalue weighted by Gasteiger charge is 2.33.